The van der Waals surface area contributed by atoms with Crippen LogP contribution in [-0.2, 0) is 14.3 Å². The summed E-state index contributed by atoms with van der Waals surface area (Å²) in [6.07, 6.45) is 0. The molecular formula is C29H25NO4. The van der Waals surface area contributed by atoms with Gasteiger partial charge in [-0.15, -0.1) is 0 Å². The van der Waals surface area contributed by atoms with Gasteiger partial charge in [0.2, 0.25) is 11.8 Å². The Bertz CT molecular complexity index is 1210. The Morgan fingerprint density at radius 2 is 1.21 bits per heavy atom. The lowest BCUT2D eigenvalue weighted by atomic mass is 9.55. The summed E-state index contributed by atoms with van der Waals surface area (Å²) in [5, 5.41) is 0. The van der Waals surface area contributed by atoms with Gasteiger partial charge in [-0.05, 0) is 52.4 Å². The van der Waals surface area contributed by atoms with Gasteiger partial charge in [-0.25, -0.2) is 9.69 Å². The zero-order valence-corrected chi connectivity index (χ0v) is 19.1. The number of nitrogens with zero attached hydrogens (tertiary/aromatic N) is 1. The molecule has 0 saturated carbocycles. The third kappa shape index (κ3) is 2.89. The first kappa shape index (κ1) is 20.8. The molecular weight excluding hydrogens is 426 g/mol. The summed E-state index contributed by atoms with van der Waals surface area (Å²) in [6, 6.07) is 23.0. The molecule has 2 bridgehead atoms. The van der Waals surface area contributed by atoms with Crippen LogP contribution in [-0.4, -0.2) is 24.4 Å². The standard InChI is InChI=1S/C29H25NO4/c1-16(2)15-34-29(33)17-11-13-18(14-12-17)30-27(31)25-23-19-7-3-4-8-20(19)24(26(25)28(30)32)22-10-6-5-9-21(22)23/h3-14,16,23-26H,15H2,1-2H3/t23?,24?,25-,26-/m0/s1. The number of esters is 1. The monoisotopic (exact) mass is 451 g/mol. The van der Waals surface area contributed by atoms with E-state index in [1.54, 1.807) is 24.3 Å². The molecule has 1 heterocycles. The molecule has 1 fully saturated rings. The van der Waals surface area contributed by atoms with Gasteiger partial charge in [0.1, 0.15) is 0 Å². The van der Waals surface area contributed by atoms with E-state index in [0.29, 0.717) is 17.9 Å². The molecule has 5 nitrogen and oxygen atoms in total. The van der Waals surface area contributed by atoms with Gasteiger partial charge in [0.15, 0.2) is 0 Å². The fraction of sp³-hybridized carbons (Fsp3) is 0.276. The number of anilines is 1. The van der Waals surface area contributed by atoms with Crippen LogP contribution in [0, 0.1) is 17.8 Å². The van der Waals surface area contributed by atoms with E-state index < -0.39 is 17.8 Å². The first-order chi connectivity index (χ1) is 16.5. The largest absolute Gasteiger partial charge is 0.462 e. The van der Waals surface area contributed by atoms with Crippen molar-refractivity contribution in [2.24, 2.45) is 17.8 Å². The Morgan fingerprint density at radius 3 is 1.62 bits per heavy atom. The van der Waals surface area contributed by atoms with Crippen molar-refractivity contribution in [3.8, 4) is 0 Å². The number of hydrogen-bond donors (Lipinski definition) is 0. The maximum atomic E-state index is 13.8. The van der Waals surface area contributed by atoms with Crippen molar-refractivity contribution in [3.05, 3.63) is 101 Å². The van der Waals surface area contributed by atoms with Crippen LogP contribution in [0.2, 0.25) is 0 Å². The Morgan fingerprint density at radius 1 is 0.765 bits per heavy atom. The first-order valence-corrected chi connectivity index (χ1v) is 11.8. The lowest BCUT2D eigenvalue weighted by Crippen LogP contribution is -2.41. The molecule has 1 aliphatic heterocycles. The molecule has 5 heteroatoms. The van der Waals surface area contributed by atoms with Gasteiger partial charge in [0.05, 0.1) is 29.7 Å². The molecule has 0 aromatic heterocycles. The van der Waals surface area contributed by atoms with Gasteiger partial charge in [-0.2, -0.15) is 0 Å². The second-order valence-electron chi connectivity index (χ2n) is 9.82. The number of imide groups is 1. The Hall–Kier alpha value is -3.73. The van der Waals surface area contributed by atoms with Gasteiger partial charge in [0.25, 0.3) is 0 Å². The van der Waals surface area contributed by atoms with E-state index in [9.17, 15) is 14.4 Å². The summed E-state index contributed by atoms with van der Waals surface area (Å²) in [4.78, 5) is 41.2. The number of ether oxygens (including phenoxy) is 1. The van der Waals surface area contributed by atoms with Crippen LogP contribution in [0.3, 0.4) is 0 Å². The van der Waals surface area contributed by atoms with Crippen molar-refractivity contribution in [2.45, 2.75) is 25.7 Å². The van der Waals surface area contributed by atoms with E-state index in [0.717, 1.165) is 22.3 Å². The summed E-state index contributed by atoms with van der Waals surface area (Å²) in [6.45, 7) is 4.30. The maximum Gasteiger partial charge on any atom is 0.338 e. The second kappa shape index (κ2) is 7.66. The van der Waals surface area contributed by atoms with Crippen molar-refractivity contribution < 1.29 is 19.1 Å². The summed E-state index contributed by atoms with van der Waals surface area (Å²) >= 11 is 0. The minimum absolute atomic E-state index is 0.130. The van der Waals surface area contributed by atoms with Crippen LogP contribution in [0.5, 0.6) is 0 Å². The Labute approximate surface area is 198 Å². The number of benzene rings is 3. The molecule has 0 N–H and O–H groups in total. The smallest absolute Gasteiger partial charge is 0.338 e. The molecule has 3 aromatic carbocycles. The Kier molecular flexibility index (Phi) is 4.70. The van der Waals surface area contributed by atoms with E-state index in [1.165, 1.54) is 4.90 Å². The maximum absolute atomic E-state index is 13.8. The number of amides is 2. The van der Waals surface area contributed by atoms with Crippen molar-refractivity contribution in [1.82, 2.24) is 0 Å². The quantitative estimate of drug-likeness (QED) is 0.418. The van der Waals surface area contributed by atoms with Gasteiger partial charge >= 0.3 is 5.97 Å². The number of rotatable bonds is 4. The van der Waals surface area contributed by atoms with E-state index >= 15 is 0 Å². The van der Waals surface area contributed by atoms with Crippen LogP contribution in [0.1, 0.15) is 58.3 Å². The third-order valence-corrected chi connectivity index (χ3v) is 7.36. The fourth-order valence-corrected chi connectivity index (χ4v) is 6.00. The predicted molar refractivity (Wildman–Crippen MR) is 128 cm³/mol. The average molecular weight is 452 g/mol. The number of hydrogen-bond acceptors (Lipinski definition) is 4. The van der Waals surface area contributed by atoms with Crippen molar-refractivity contribution in [2.75, 3.05) is 11.5 Å². The summed E-state index contributed by atoms with van der Waals surface area (Å²) < 4.78 is 5.30. The zero-order chi connectivity index (χ0) is 23.6. The summed E-state index contributed by atoms with van der Waals surface area (Å²) in [5.41, 5.74) is 5.51. The van der Waals surface area contributed by atoms with Crippen LogP contribution >= 0.6 is 0 Å². The zero-order valence-electron chi connectivity index (χ0n) is 19.1. The van der Waals surface area contributed by atoms with Crippen molar-refractivity contribution >= 4 is 23.5 Å². The van der Waals surface area contributed by atoms with E-state index in [-0.39, 0.29) is 29.6 Å². The molecule has 4 aliphatic rings. The Balaban J connectivity index is 1.37. The molecule has 0 unspecified atom stereocenters. The van der Waals surface area contributed by atoms with Crippen LogP contribution in [0.4, 0.5) is 5.69 Å². The van der Waals surface area contributed by atoms with Crippen LogP contribution < -0.4 is 4.90 Å². The van der Waals surface area contributed by atoms with E-state index in [2.05, 4.69) is 24.3 Å². The minimum atomic E-state index is -0.419. The fourth-order valence-electron chi connectivity index (χ4n) is 6.00. The summed E-state index contributed by atoms with van der Waals surface area (Å²) in [5.74, 6) is -1.58. The first-order valence-electron chi connectivity index (χ1n) is 11.8. The minimum Gasteiger partial charge on any atom is -0.462 e. The molecule has 3 aromatic rings. The highest BCUT2D eigenvalue weighted by Crippen LogP contribution is 2.61. The van der Waals surface area contributed by atoms with Crippen LogP contribution in [0.15, 0.2) is 72.8 Å². The topological polar surface area (TPSA) is 63.7 Å². The lowest BCUT2D eigenvalue weighted by molar-refractivity contribution is -0.122. The van der Waals surface area contributed by atoms with Crippen molar-refractivity contribution in [1.29, 1.82) is 0 Å². The highest BCUT2D eigenvalue weighted by Gasteiger charge is 2.61. The van der Waals surface area contributed by atoms with Gasteiger partial charge in [-0.1, -0.05) is 62.4 Å². The predicted octanol–water partition coefficient (Wildman–Crippen LogP) is 4.90. The van der Waals surface area contributed by atoms with E-state index in [1.807, 2.05) is 38.1 Å². The van der Waals surface area contributed by atoms with Gasteiger partial charge in [0, 0.05) is 11.8 Å². The highest BCUT2D eigenvalue weighted by atomic mass is 16.5. The molecule has 1 saturated heterocycles. The lowest BCUT2D eigenvalue weighted by Gasteiger charge is -2.45. The third-order valence-electron chi connectivity index (χ3n) is 7.36. The number of carbonyl (C=O) groups excluding carboxylic acids is 3. The number of carbonyl (C=O) groups is 3. The molecule has 170 valence electrons. The molecule has 34 heavy (non-hydrogen) atoms. The van der Waals surface area contributed by atoms with E-state index in [4.69, 9.17) is 4.74 Å². The molecule has 0 radical (unpaired) electrons. The normalized spacial score (nSPS) is 24.1. The van der Waals surface area contributed by atoms with Crippen LogP contribution in [0.25, 0.3) is 0 Å². The average Bonchev–Trinajstić information content (AvgIpc) is 3.13. The molecule has 7 rings (SSSR count). The molecule has 3 aliphatic carbocycles. The van der Waals surface area contributed by atoms with Crippen molar-refractivity contribution in [3.63, 3.8) is 0 Å². The molecule has 0 spiro atoms. The molecule has 2 amide bonds. The summed E-state index contributed by atoms with van der Waals surface area (Å²) in [7, 11) is 0. The van der Waals surface area contributed by atoms with Gasteiger partial charge in [-0.3, -0.25) is 9.59 Å². The highest BCUT2D eigenvalue weighted by molar-refractivity contribution is 6.23. The second-order valence-corrected chi connectivity index (χ2v) is 9.82. The van der Waals surface area contributed by atoms with Gasteiger partial charge < -0.3 is 4.74 Å². The molecule has 2 atom stereocenters. The SMILES string of the molecule is CC(C)COC(=O)c1ccc(N2C(=O)[C@H]3C4c5ccccc5C(c5ccccc54)[C@@H]3C2=O)cc1.